The summed E-state index contributed by atoms with van der Waals surface area (Å²) in [5.74, 6) is 0. The molecule has 0 aromatic heterocycles. The molecule has 88 valence electrons. The van der Waals surface area contributed by atoms with Gasteiger partial charge in [-0.25, -0.2) is 0 Å². The topological polar surface area (TPSA) is 41.3 Å². The Balaban J connectivity index is 2.08. The SMILES string of the molecule is CC(N)Cc1cccc(N2CCNCC2)c1. The molecule has 1 atom stereocenters. The zero-order valence-electron chi connectivity index (χ0n) is 9.95. The van der Waals surface area contributed by atoms with Crippen LogP contribution in [0, 0.1) is 0 Å². The van der Waals surface area contributed by atoms with Gasteiger partial charge in [0.05, 0.1) is 0 Å². The van der Waals surface area contributed by atoms with Gasteiger partial charge in [-0.15, -0.1) is 0 Å². The normalized spacial score (nSPS) is 18.5. The summed E-state index contributed by atoms with van der Waals surface area (Å²) in [5, 5.41) is 3.37. The zero-order valence-corrected chi connectivity index (χ0v) is 9.95. The second-order valence-corrected chi connectivity index (χ2v) is 4.59. The van der Waals surface area contributed by atoms with Crippen molar-refractivity contribution in [3.8, 4) is 0 Å². The molecule has 1 aliphatic rings. The third-order valence-corrected chi connectivity index (χ3v) is 2.95. The summed E-state index contributed by atoms with van der Waals surface area (Å²) in [4.78, 5) is 2.43. The second-order valence-electron chi connectivity index (χ2n) is 4.59. The highest BCUT2D eigenvalue weighted by atomic mass is 15.2. The molecule has 3 N–H and O–H groups in total. The first-order valence-electron chi connectivity index (χ1n) is 6.06. The van der Waals surface area contributed by atoms with Crippen LogP contribution in [-0.2, 0) is 6.42 Å². The second kappa shape index (κ2) is 5.32. The Bertz CT molecular complexity index is 330. The molecular formula is C13H21N3. The van der Waals surface area contributed by atoms with Gasteiger partial charge in [0, 0.05) is 37.9 Å². The molecule has 0 aliphatic carbocycles. The average Bonchev–Trinajstić information content (AvgIpc) is 2.30. The summed E-state index contributed by atoms with van der Waals surface area (Å²) < 4.78 is 0. The van der Waals surface area contributed by atoms with Crippen molar-refractivity contribution in [2.24, 2.45) is 5.73 Å². The Hall–Kier alpha value is -1.06. The third kappa shape index (κ3) is 2.97. The van der Waals surface area contributed by atoms with Gasteiger partial charge >= 0.3 is 0 Å². The highest BCUT2D eigenvalue weighted by molar-refractivity contribution is 5.49. The summed E-state index contributed by atoms with van der Waals surface area (Å²) in [6.45, 7) is 6.41. The van der Waals surface area contributed by atoms with Crippen LogP contribution in [-0.4, -0.2) is 32.2 Å². The maximum atomic E-state index is 5.83. The van der Waals surface area contributed by atoms with Crippen molar-refractivity contribution in [3.05, 3.63) is 29.8 Å². The minimum absolute atomic E-state index is 0.235. The molecule has 1 aromatic carbocycles. The summed E-state index contributed by atoms with van der Waals surface area (Å²) in [6, 6.07) is 8.99. The highest BCUT2D eigenvalue weighted by Crippen LogP contribution is 2.17. The number of anilines is 1. The van der Waals surface area contributed by atoms with Crippen LogP contribution in [0.15, 0.2) is 24.3 Å². The van der Waals surface area contributed by atoms with Crippen LogP contribution in [0.4, 0.5) is 5.69 Å². The van der Waals surface area contributed by atoms with E-state index in [1.807, 2.05) is 0 Å². The molecule has 1 saturated heterocycles. The Labute approximate surface area is 97.6 Å². The molecule has 0 amide bonds. The van der Waals surface area contributed by atoms with Gasteiger partial charge in [0.15, 0.2) is 0 Å². The van der Waals surface area contributed by atoms with Crippen molar-refractivity contribution >= 4 is 5.69 Å². The molecule has 1 fully saturated rings. The molecule has 1 heterocycles. The van der Waals surface area contributed by atoms with Crippen molar-refractivity contribution in [1.29, 1.82) is 0 Å². The lowest BCUT2D eigenvalue weighted by molar-refractivity contribution is 0.589. The standard InChI is InChI=1S/C13H21N3/c1-11(14)9-12-3-2-4-13(10-12)16-7-5-15-6-8-16/h2-4,10-11,15H,5-9,14H2,1H3. The van der Waals surface area contributed by atoms with Gasteiger partial charge in [-0.2, -0.15) is 0 Å². The Morgan fingerprint density at radius 3 is 2.81 bits per heavy atom. The monoisotopic (exact) mass is 219 g/mol. The van der Waals surface area contributed by atoms with Crippen molar-refractivity contribution < 1.29 is 0 Å². The number of rotatable bonds is 3. The molecule has 0 saturated carbocycles. The summed E-state index contributed by atoms with van der Waals surface area (Å²) in [7, 11) is 0. The fourth-order valence-corrected chi connectivity index (χ4v) is 2.17. The number of hydrogen-bond acceptors (Lipinski definition) is 3. The molecule has 0 radical (unpaired) electrons. The summed E-state index contributed by atoms with van der Waals surface area (Å²) in [6.07, 6.45) is 0.958. The van der Waals surface area contributed by atoms with Crippen molar-refractivity contribution in [3.63, 3.8) is 0 Å². The Morgan fingerprint density at radius 2 is 2.12 bits per heavy atom. The third-order valence-electron chi connectivity index (χ3n) is 2.95. The number of hydrogen-bond donors (Lipinski definition) is 2. The van der Waals surface area contributed by atoms with Gasteiger partial charge < -0.3 is 16.0 Å². The van der Waals surface area contributed by atoms with Crippen molar-refractivity contribution in [1.82, 2.24) is 5.32 Å². The molecule has 0 spiro atoms. The van der Waals surface area contributed by atoms with Crippen molar-refractivity contribution in [2.75, 3.05) is 31.1 Å². The number of piperazine rings is 1. The molecule has 2 rings (SSSR count). The molecule has 16 heavy (non-hydrogen) atoms. The van der Waals surface area contributed by atoms with Crippen LogP contribution >= 0.6 is 0 Å². The number of nitrogens with zero attached hydrogens (tertiary/aromatic N) is 1. The lowest BCUT2D eigenvalue weighted by Crippen LogP contribution is -2.43. The maximum Gasteiger partial charge on any atom is 0.0369 e. The average molecular weight is 219 g/mol. The molecule has 0 bridgehead atoms. The molecule has 3 heteroatoms. The van der Waals surface area contributed by atoms with E-state index in [1.54, 1.807) is 0 Å². The van der Waals surface area contributed by atoms with Gasteiger partial charge in [0.2, 0.25) is 0 Å². The van der Waals surface area contributed by atoms with Gasteiger partial charge in [0.25, 0.3) is 0 Å². The van der Waals surface area contributed by atoms with E-state index in [0.29, 0.717) is 0 Å². The van der Waals surface area contributed by atoms with E-state index < -0.39 is 0 Å². The largest absolute Gasteiger partial charge is 0.369 e. The first-order chi connectivity index (χ1) is 7.75. The zero-order chi connectivity index (χ0) is 11.4. The van der Waals surface area contributed by atoms with E-state index in [1.165, 1.54) is 11.3 Å². The summed E-state index contributed by atoms with van der Waals surface area (Å²) in [5.41, 5.74) is 8.50. The maximum absolute atomic E-state index is 5.83. The predicted octanol–water partition coefficient (Wildman–Crippen LogP) is 0.986. The van der Waals surface area contributed by atoms with Crippen molar-refractivity contribution in [2.45, 2.75) is 19.4 Å². The molecule has 1 aromatic rings. The van der Waals surface area contributed by atoms with Crippen LogP contribution < -0.4 is 16.0 Å². The van der Waals surface area contributed by atoms with E-state index in [2.05, 4.69) is 41.4 Å². The quantitative estimate of drug-likeness (QED) is 0.796. The fraction of sp³-hybridized carbons (Fsp3) is 0.538. The Morgan fingerprint density at radius 1 is 1.38 bits per heavy atom. The van der Waals surface area contributed by atoms with Crippen LogP contribution in [0.1, 0.15) is 12.5 Å². The van der Waals surface area contributed by atoms with E-state index in [9.17, 15) is 0 Å². The van der Waals surface area contributed by atoms with Gasteiger partial charge in [-0.3, -0.25) is 0 Å². The van der Waals surface area contributed by atoms with Gasteiger partial charge in [0.1, 0.15) is 0 Å². The number of benzene rings is 1. The van der Waals surface area contributed by atoms with Crippen LogP contribution in [0.2, 0.25) is 0 Å². The van der Waals surface area contributed by atoms with Gasteiger partial charge in [-0.05, 0) is 31.0 Å². The van der Waals surface area contributed by atoms with E-state index in [4.69, 9.17) is 5.73 Å². The number of nitrogens with one attached hydrogen (secondary N) is 1. The minimum atomic E-state index is 0.235. The lowest BCUT2D eigenvalue weighted by Gasteiger charge is -2.29. The smallest absolute Gasteiger partial charge is 0.0369 e. The Kier molecular flexibility index (Phi) is 3.80. The first kappa shape index (κ1) is 11.4. The van der Waals surface area contributed by atoms with Gasteiger partial charge in [-0.1, -0.05) is 12.1 Å². The minimum Gasteiger partial charge on any atom is -0.369 e. The number of nitrogens with two attached hydrogens (primary N) is 1. The molecular weight excluding hydrogens is 198 g/mol. The van der Waals surface area contributed by atoms with E-state index in [-0.39, 0.29) is 6.04 Å². The van der Waals surface area contributed by atoms with Crippen LogP contribution in [0.25, 0.3) is 0 Å². The fourth-order valence-electron chi connectivity index (χ4n) is 2.17. The van der Waals surface area contributed by atoms with E-state index in [0.717, 1.165) is 32.6 Å². The lowest BCUT2D eigenvalue weighted by atomic mass is 10.1. The summed E-state index contributed by atoms with van der Waals surface area (Å²) >= 11 is 0. The molecule has 1 aliphatic heterocycles. The highest BCUT2D eigenvalue weighted by Gasteiger charge is 2.10. The van der Waals surface area contributed by atoms with E-state index >= 15 is 0 Å². The predicted molar refractivity (Wildman–Crippen MR) is 68.9 cm³/mol. The van der Waals surface area contributed by atoms with Crippen LogP contribution in [0.5, 0.6) is 0 Å². The van der Waals surface area contributed by atoms with Crippen LogP contribution in [0.3, 0.4) is 0 Å². The first-order valence-corrected chi connectivity index (χ1v) is 6.06. The molecule has 3 nitrogen and oxygen atoms in total. The molecule has 1 unspecified atom stereocenters.